The second kappa shape index (κ2) is 9.34. The van der Waals surface area contributed by atoms with E-state index in [9.17, 15) is 9.59 Å². The summed E-state index contributed by atoms with van der Waals surface area (Å²) in [6.07, 6.45) is 0.560. The maximum atomic E-state index is 13.6. The third-order valence-electron chi connectivity index (χ3n) is 6.26. The number of nitrogens with one attached hydrogen (secondary N) is 1. The summed E-state index contributed by atoms with van der Waals surface area (Å²) in [6, 6.07) is 19.0. The summed E-state index contributed by atoms with van der Waals surface area (Å²) in [5, 5.41) is 6.11. The van der Waals surface area contributed by atoms with Crippen molar-refractivity contribution < 1.29 is 19.1 Å². The molecule has 2 aromatic carbocycles. The molecule has 0 bridgehead atoms. The number of anilines is 1. The van der Waals surface area contributed by atoms with Crippen molar-refractivity contribution in [2.75, 3.05) is 12.1 Å². The molecule has 37 heavy (non-hydrogen) atoms. The minimum atomic E-state index is -0.583. The highest BCUT2D eigenvalue weighted by Gasteiger charge is 2.23. The van der Waals surface area contributed by atoms with Crippen LogP contribution in [0.25, 0.3) is 21.5 Å². The molecule has 2 amide bonds. The Balaban J connectivity index is 1.36. The first-order chi connectivity index (χ1) is 18.0. The minimum Gasteiger partial charge on any atom is -0.454 e. The van der Waals surface area contributed by atoms with Gasteiger partial charge in [0.25, 0.3) is 11.8 Å². The van der Waals surface area contributed by atoms with Crippen molar-refractivity contribution in [3.05, 3.63) is 93.2 Å². The minimum absolute atomic E-state index is 0.205. The number of hydrogen-bond acceptors (Lipinski definition) is 7. The Kier molecular flexibility index (Phi) is 5.86. The van der Waals surface area contributed by atoms with E-state index in [2.05, 4.69) is 5.32 Å². The van der Waals surface area contributed by atoms with Crippen molar-refractivity contribution in [1.82, 2.24) is 4.98 Å². The number of hydrogen-bond donors (Lipinski definition) is 2. The molecule has 0 fully saturated rings. The molecule has 9 heteroatoms. The van der Waals surface area contributed by atoms with Crippen LogP contribution in [0.15, 0.2) is 66.0 Å². The lowest BCUT2D eigenvalue weighted by molar-refractivity contribution is 0.100. The number of pyridine rings is 1. The number of ether oxygens (including phenoxy) is 2. The zero-order valence-electron chi connectivity index (χ0n) is 19.7. The van der Waals surface area contributed by atoms with Gasteiger partial charge in [0.15, 0.2) is 11.5 Å². The number of thiophene rings is 2. The number of rotatable bonds is 6. The highest BCUT2D eigenvalue weighted by molar-refractivity contribution is 7.17. The number of para-hydroxylation sites is 1. The number of amides is 2. The molecular weight excluding hydrogens is 506 g/mol. The summed E-state index contributed by atoms with van der Waals surface area (Å²) in [5.74, 6) is 0.500. The molecule has 0 saturated carbocycles. The molecule has 1 aliphatic heterocycles. The average molecular weight is 528 g/mol. The largest absolute Gasteiger partial charge is 0.454 e. The van der Waals surface area contributed by atoms with Gasteiger partial charge in [-0.25, -0.2) is 4.98 Å². The lowest BCUT2D eigenvalue weighted by Crippen LogP contribution is -2.18. The molecule has 0 unspecified atom stereocenters. The second-order valence-corrected chi connectivity index (χ2v) is 10.6. The predicted octanol–water partition coefficient (Wildman–Crippen LogP) is 6.00. The van der Waals surface area contributed by atoms with Crippen LogP contribution in [0.2, 0.25) is 0 Å². The molecule has 3 aromatic heterocycles. The van der Waals surface area contributed by atoms with Gasteiger partial charge in [-0.1, -0.05) is 30.3 Å². The number of fused-ring (bicyclic) bond motifs is 2. The van der Waals surface area contributed by atoms with Gasteiger partial charge in [-0.3, -0.25) is 9.59 Å². The molecular formula is C28H21N3O4S2. The molecule has 6 rings (SSSR count). The van der Waals surface area contributed by atoms with Crippen LogP contribution in [0.5, 0.6) is 11.5 Å². The lowest BCUT2D eigenvalue weighted by atomic mass is 10.0. The van der Waals surface area contributed by atoms with Crippen LogP contribution in [-0.2, 0) is 6.42 Å². The maximum absolute atomic E-state index is 13.6. The van der Waals surface area contributed by atoms with Gasteiger partial charge in [0.1, 0.15) is 5.00 Å². The molecule has 184 valence electrons. The van der Waals surface area contributed by atoms with E-state index in [1.165, 1.54) is 11.3 Å². The molecule has 0 spiro atoms. The fourth-order valence-electron chi connectivity index (χ4n) is 4.43. The van der Waals surface area contributed by atoms with Crippen molar-refractivity contribution in [3.8, 4) is 22.1 Å². The van der Waals surface area contributed by atoms with Crippen LogP contribution in [0, 0.1) is 6.92 Å². The number of carbonyl (C=O) groups is 2. The molecule has 5 aromatic rings. The van der Waals surface area contributed by atoms with Crippen molar-refractivity contribution in [3.63, 3.8) is 0 Å². The highest BCUT2D eigenvalue weighted by atomic mass is 32.1. The lowest BCUT2D eigenvalue weighted by Gasteiger charge is -2.10. The van der Waals surface area contributed by atoms with Crippen molar-refractivity contribution in [2.45, 2.75) is 13.3 Å². The molecule has 0 atom stereocenters. The first-order valence-electron chi connectivity index (χ1n) is 11.5. The maximum Gasteiger partial charge on any atom is 0.257 e. The smallest absolute Gasteiger partial charge is 0.257 e. The van der Waals surface area contributed by atoms with Gasteiger partial charge in [0, 0.05) is 16.7 Å². The van der Waals surface area contributed by atoms with Crippen molar-refractivity contribution in [1.29, 1.82) is 0 Å². The van der Waals surface area contributed by atoms with E-state index in [1.807, 2.05) is 66.9 Å². The quantitative estimate of drug-likeness (QED) is 0.282. The normalized spacial score (nSPS) is 12.1. The van der Waals surface area contributed by atoms with Crippen LogP contribution < -0.4 is 20.5 Å². The van der Waals surface area contributed by atoms with Gasteiger partial charge in [0.05, 0.1) is 27.2 Å². The summed E-state index contributed by atoms with van der Waals surface area (Å²) in [6.45, 7) is 2.06. The third kappa shape index (κ3) is 4.32. The van der Waals surface area contributed by atoms with E-state index in [4.69, 9.17) is 20.2 Å². The predicted molar refractivity (Wildman–Crippen MR) is 146 cm³/mol. The van der Waals surface area contributed by atoms with Gasteiger partial charge < -0.3 is 20.5 Å². The summed E-state index contributed by atoms with van der Waals surface area (Å²) < 4.78 is 10.9. The van der Waals surface area contributed by atoms with Crippen LogP contribution in [-0.4, -0.2) is 23.6 Å². The van der Waals surface area contributed by atoms with Crippen LogP contribution in [0.1, 0.15) is 36.7 Å². The monoisotopic (exact) mass is 527 g/mol. The van der Waals surface area contributed by atoms with E-state index in [0.29, 0.717) is 34.0 Å². The van der Waals surface area contributed by atoms with Crippen LogP contribution in [0.3, 0.4) is 0 Å². The average Bonchev–Trinajstić information content (AvgIpc) is 3.64. The van der Waals surface area contributed by atoms with E-state index < -0.39 is 5.91 Å². The number of aromatic nitrogens is 1. The second-order valence-electron chi connectivity index (χ2n) is 8.59. The Morgan fingerprint density at radius 3 is 2.70 bits per heavy atom. The summed E-state index contributed by atoms with van der Waals surface area (Å²) in [7, 11) is 0. The molecule has 1 aliphatic rings. The molecule has 4 heterocycles. The number of primary amides is 1. The summed E-state index contributed by atoms with van der Waals surface area (Å²) in [5.41, 5.74) is 9.77. The van der Waals surface area contributed by atoms with Gasteiger partial charge in [-0.05, 0) is 53.8 Å². The molecule has 0 aliphatic carbocycles. The van der Waals surface area contributed by atoms with E-state index >= 15 is 0 Å². The molecule has 0 radical (unpaired) electrons. The zero-order valence-corrected chi connectivity index (χ0v) is 21.4. The number of carbonyl (C=O) groups excluding carboxylic acids is 2. The van der Waals surface area contributed by atoms with E-state index in [-0.39, 0.29) is 12.7 Å². The first kappa shape index (κ1) is 23.2. The van der Waals surface area contributed by atoms with Gasteiger partial charge in [-0.15, -0.1) is 22.7 Å². The van der Waals surface area contributed by atoms with E-state index in [1.54, 1.807) is 17.4 Å². The Hall–Kier alpha value is -4.21. The van der Waals surface area contributed by atoms with Crippen molar-refractivity contribution in [2.24, 2.45) is 5.73 Å². The summed E-state index contributed by atoms with van der Waals surface area (Å²) >= 11 is 2.91. The molecule has 0 saturated heterocycles. The number of nitrogens with two attached hydrogens (primary N) is 1. The number of benzene rings is 2. The Bertz CT molecular complexity index is 1670. The Morgan fingerprint density at radius 2 is 1.89 bits per heavy atom. The molecule has 3 N–H and O–H groups in total. The van der Waals surface area contributed by atoms with Crippen LogP contribution in [0.4, 0.5) is 5.00 Å². The van der Waals surface area contributed by atoms with Gasteiger partial charge >= 0.3 is 0 Å². The van der Waals surface area contributed by atoms with Gasteiger partial charge in [-0.2, -0.15) is 0 Å². The highest BCUT2D eigenvalue weighted by Crippen LogP contribution is 2.38. The van der Waals surface area contributed by atoms with Crippen LogP contribution >= 0.6 is 22.7 Å². The van der Waals surface area contributed by atoms with Crippen molar-refractivity contribution >= 4 is 50.4 Å². The molecule has 7 nitrogen and oxygen atoms in total. The Morgan fingerprint density at radius 1 is 1.05 bits per heavy atom. The van der Waals surface area contributed by atoms with E-state index in [0.717, 1.165) is 37.5 Å². The standard InChI is InChI=1S/C28H21N3O4S2/c1-15-24(12-16-8-9-21-22(11-16)35-14-34-21)37-28(25(15)26(29)32)31-27(33)18-13-20(23-7-4-10-36-23)30-19-6-3-2-5-17(18)19/h2-11,13H,12,14H2,1H3,(H2,29,32)(H,31,33). The topological polar surface area (TPSA) is 104 Å². The third-order valence-corrected chi connectivity index (χ3v) is 8.35. The fraction of sp³-hybridized carbons (Fsp3) is 0.107. The number of nitrogens with zero attached hydrogens (tertiary/aromatic N) is 1. The summed E-state index contributed by atoms with van der Waals surface area (Å²) in [4.78, 5) is 32.7. The fourth-order valence-corrected chi connectivity index (χ4v) is 6.36. The first-order valence-corrected chi connectivity index (χ1v) is 13.2. The van der Waals surface area contributed by atoms with Gasteiger partial charge in [0.2, 0.25) is 6.79 Å². The Labute approximate surface area is 220 Å². The zero-order chi connectivity index (χ0) is 25.5. The SMILES string of the molecule is Cc1c(Cc2ccc3c(c2)OCO3)sc(NC(=O)c2cc(-c3cccs3)nc3ccccc23)c1C(N)=O.